The average molecular weight is 255 g/mol. The topological polar surface area (TPSA) is 59.4 Å². The summed E-state index contributed by atoms with van der Waals surface area (Å²) in [7, 11) is 0. The summed E-state index contributed by atoms with van der Waals surface area (Å²) >= 11 is 1.51. The fourth-order valence-corrected chi connectivity index (χ4v) is 3.21. The number of aryl methyl sites for hydroxylation is 1. The van der Waals surface area contributed by atoms with E-state index < -0.39 is 5.97 Å². The van der Waals surface area contributed by atoms with E-state index in [1.807, 2.05) is 0 Å². The first-order valence-corrected chi connectivity index (χ1v) is 6.84. The number of thiazole rings is 1. The van der Waals surface area contributed by atoms with Crippen LogP contribution in [0.5, 0.6) is 0 Å². The zero-order valence-electron chi connectivity index (χ0n) is 9.94. The molecule has 1 fully saturated rings. The molecule has 0 amide bonds. The maximum Gasteiger partial charge on any atom is 0.308 e. The van der Waals surface area contributed by atoms with Crippen LogP contribution in [0.4, 0.5) is 0 Å². The second-order valence-electron chi connectivity index (χ2n) is 4.24. The van der Waals surface area contributed by atoms with Gasteiger partial charge >= 0.3 is 5.97 Å². The molecule has 4 nitrogen and oxygen atoms in total. The maximum absolute atomic E-state index is 10.8. The number of rotatable bonds is 5. The Hall–Kier alpha value is -0.940. The summed E-state index contributed by atoms with van der Waals surface area (Å²) in [5, 5.41) is 9.84. The van der Waals surface area contributed by atoms with Crippen molar-refractivity contribution in [2.75, 3.05) is 6.61 Å². The summed E-state index contributed by atoms with van der Waals surface area (Å²) in [6, 6.07) is 0. The van der Waals surface area contributed by atoms with Gasteiger partial charge in [-0.25, -0.2) is 4.98 Å². The van der Waals surface area contributed by atoms with Crippen molar-refractivity contribution in [1.29, 1.82) is 0 Å². The highest BCUT2D eigenvalue weighted by Gasteiger charge is 2.23. The van der Waals surface area contributed by atoms with Crippen molar-refractivity contribution in [1.82, 2.24) is 4.98 Å². The van der Waals surface area contributed by atoms with Crippen LogP contribution in [0.15, 0.2) is 0 Å². The second-order valence-corrected chi connectivity index (χ2v) is 5.36. The Morgan fingerprint density at radius 1 is 1.65 bits per heavy atom. The first-order chi connectivity index (χ1) is 8.20. The van der Waals surface area contributed by atoms with E-state index >= 15 is 0 Å². The Balaban J connectivity index is 2.19. The number of aliphatic carboxylic acids is 1. The molecule has 1 unspecified atom stereocenters. The van der Waals surface area contributed by atoms with Crippen molar-refractivity contribution in [3.8, 4) is 0 Å². The van der Waals surface area contributed by atoms with Gasteiger partial charge in [0.1, 0.15) is 11.1 Å². The van der Waals surface area contributed by atoms with Crippen LogP contribution in [0.1, 0.15) is 47.9 Å². The maximum atomic E-state index is 10.8. The number of aromatic nitrogens is 1. The summed E-state index contributed by atoms with van der Waals surface area (Å²) in [6.45, 7) is 2.87. The second kappa shape index (κ2) is 5.60. The molecule has 0 radical (unpaired) electrons. The van der Waals surface area contributed by atoms with Gasteiger partial charge in [0.25, 0.3) is 0 Å². The molecular weight excluding hydrogens is 238 g/mol. The van der Waals surface area contributed by atoms with E-state index in [1.165, 1.54) is 11.3 Å². The van der Waals surface area contributed by atoms with Gasteiger partial charge in [-0.05, 0) is 19.3 Å². The molecule has 0 aromatic carbocycles. The van der Waals surface area contributed by atoms with E-state index in [4.69, 9.17) is 9.84 Å². The number of hydrogen-bond donors (Lipinski definition) is 1. The normalized spacial score (nSPS) is 19.7. The van der Waals surface area contributed by atoms with Crippen LogP contribution in [0, 0.1) is 0 Å². The predicted octanol–water partition coefficient (Wildman–Crippen LogP) is 2.57. The van der Waals surface area contributed by atoms with Crippen molar-refractivity contribution in [2.24, 2.45) is 0 Å². The van der Waals surface area contributed by atoms with Gasteiger partial charge in [0.2, 0.25) is 0 Å². The number of ether oxygens (including phenoxy) is 1. The monoisotopic (exact) mass is 255 g/mol. The molecular formula is C12H17NO3S. The van der Waals surface area contributed by atoms with E-state index in [9.17, 15) is 4.79 Å². The third-order valence-electron chi connectivity index (χ3n) is 2.80. The summed E-state index contributed by atoms with van der Waals surface area (Å²) in [5.74, 6) is -0.787. The molecule has 94 valence electrons. The van der Waals surface area contributed by atoms with Crippen LogP contribution in [0.25, 0.3) is 0 Å². The molecule has 17 heavy (non-hydrogen) atoms. The molecule has 1 aliphatic rings. The van der Waals surface area contributed by atoms with Crippen molar-refractivity contribution in [3.05, 3.63) is 15.6 Å². The lowest BCUT2D eigenvalue weighted by molar-refractivity contribution is -0.136. The molecule has 1 saturated heterocycles. The number of hydrogen-bond acceptors (Lipinski definition) is 4. The highest BCUT2D eigenvalue weighted by molar-refractivity contribution is 7.11. The molecule has 0 spiro atoms. The molecule has 2 rings (SSSR count). The Morgan fingerprint density at radius 3 is 3.06 bits per heavy atom. The Labute approximate surface area is 105 Å². The quantitative estimate of drug-likeness (QED) is 0.878. The van der Waals surface area contributed by atoms with Gasteiger partial charge < -0.3 is 9.84 Å². The van der Waals surface area contributed by atoms with E-state index in [0.717, 1.165) is 47.9 Å². The van der Waals surface area contributed by atoms with E-state index in [0.29, 0.717) is 0 Å². The van der Waals surface area contributed by atoms with Gasteiger partial charge in [0.15, 0.2) is 0 Å². The molecule has 1 aromatic rings. The van der Waals surface area contributed by atoms with E-state index in [1.54, 1.807) is 0 Å². The number of nitrogens with zero attached hydrogens (tertiary/aromatic N) is 1. The molecule has 5 heteroatoms. The van der Waals surface area contributed by atoms with Gasteiger partial charge in [-0.3, -0.25) is 4.79 Å². The molecule has 1 aromatic heterocycles. The molecule has 1 atom stereocenters. The lowest BCUT2D eigenvalue weighted by Gasteiger charge is -2.03. The summed E-state index contributed by atoms with van der Waals surface area (Å²) < 4.78 is 5.59. The molecule has 0 aliphatic carbocycles. The lowest BCUT2D eigenvalue weighted by Crippen LogP contribution is -2.01. The van der Waals surface area contributed by atoms with Crippen molar-refractivity contribution >= 4 is 17.3 Å². The minimum absolute atomic E-state index is 0.0831. The minimum Gasteiger partial charge on any atom is -0.481 e. The average Bonchev–Trinajstić information content (AvgIpc) is 2.87. The largest absolute Gasteiger partial charge is 0.481 e. The SMILES string of the molecule is CCCc1nc(C2CCCO2)sc1CC(=O)O. The van der Waals surface area contributed by atoms with Crippen molar-refractivity contribution in [3.63, 3.8) is 0 Å². The predicted molar refractivity (Wildman–Crippen MR) is 65.4 cm³/mol. The first-order valence-electron chi connectivity index (χ1n) is 6.02. The zero-order valence-corrected chi connectivity index (χ0v) is 10.8. The van der Waals surface area contributed by atoms with Gasteiger partial charge in [0, 0.05) is 11.5 Å². The summed E-state index contributed by atoms with van der Waals surface area (Å²) in [4.78, 5) is 16.3. The van der Waals surface area contributed by atoms with Gasteiger partial charge in [-0.15, -0.1) is 11.3 Å². The van der Waals surface area contributed by atoms with Crippen molar-refractivity contribution in [2.45, 2.75) is 45.1 Å². The van der Waals surface area contributed by atoms with Crippen LogP contribution in [-0.4, -0.2) is 22.7 Å². The van der Waals surface area contributed by atoms with E-state index in [-0.39, 0.29) is 12.5 Å². The number of carbonyl (C=O) groups is 1. The van der Waals surface area contributed by atoms with Crippen LogP contribution in [0.2, 0.25) is 0 Å². The summed E-state index contributed by atoms with van der Waals surface area (Å²) in [5.41, 5.74) is 0.949. The number of carboxylic acid groups (broad SMARTS) is 1. The van der Waals surface area contributed by atoms with Gasteiger partial charge in [-0.2, -0.15) is 0 Å². The summed E-state index contributed by atoms with van der Waals surface area (Å²) in [6.07, 6.45) is 4.10. The Bertz CT molecular complexity index is 396. The van der Waals surface area contributed by atoms with Crippen LogP contribution < -0.4 is 0 Å². The minimum atomic E-state index is -0.787. The van der Waals surface area contributed by atoms with Crippen molar-refractivity contribution < 1.29 is 14.6 Å². The van der Waals surface area contributed by atoms with Gasteiger partial charge in [0.05, 0.1) is 12.1 Å². The molecule has 0 bridgehead atoms. The molecule has 2 heterocycles. The molecule has 0 saturated carbocycles. The smallest absolute Gasteiger partial charge is 0.308 e. The van der Waals surface area contributed by atoms with Crippen LogP contribution >= 0.6 is 11.3 Å². The zero-order chi connectivity index (χ0) is 12.3. The fraction of sp³-hybridized carbons (Fsp3) is 0.667. The van der Waals surface area contributed by atoms with Gasteiger partial charge in [-0.1, -0.05) is 13.3 Å². The Kier molecular flexibility index (Phi) is 4.12. The third kappa shape index (κ3) is 3.04. The lowest BCUT2D eigenvalue weighted by atomic mass is 10.2. The first kappa shape index (κ1) is 12.5. The highest BCUT2D eigenvalue weighted by atomic mass is 32.1. The standard InChI is InChI=1S/C12H17NO3S/c1-2-4-8-10(7-11(14)15)17-12(13-8)9-5-3-6-16-9/h9H,2-7H2,1H3,(H,14,15). The Morgan fingerprint density at radius 2 is 2.47 bits per heavy atom. The van der Waals surface area contributed by atoms with Crippen LogP contribution in [0.3, 0.4) is 0 Å². The molecule has 1 aliphatic heterocycles. The number of carboxylic acids is 1. The molecule has 1 N–H and O–H groups in total. The third-order valence-corrected chi connectivity index (χ3v) is 3.99. The highest BCUT2D eigenvalue weighted by Crippen LogP contribution is 2.33. The van der Waals surface area contributed by atoms with Crippen LogP contribution in [-0.2, 0) is 22.4 Å². The van der Waals surface area contributed by atoms with E-state index in [2.05, 4.69) is 11.9 Å². The fourth-order valence-electron chi connectivity index (χ4n) is 2.02.